The fourth-order valence-corrected chi connectivity index (χ4v) is 2.13. The van der Waals surface area contributed by atoms with Gasteiger partial charge in [0.2, 0.25) is 0 Å². The summed E-state index contributed by atoms with van der Waals surface area (Å²) in [5.41, 5.74) is 6.43. The lowest BCUT2D eigenvalue weighted by Gasteiger charge is -2.16. The molecule has 0 bridgehead atoms. The molecule has 0 amide bonds. The van der Waals surface area contributed by atoms with Gasteiger partial charge in [-0.15, -0.1) is 0 Å². The van der Waals surface area contributed by atoms with Crippen LogP contribution in [-0.2, 0) is 11.3 Å². The Morgan fingerprint density at radius 2 is 2.24 bits per heavy atom. The highest BCUT2D eigenvalue weighted by molar-refractivity contribution is 5.28. The average Bonchev–Trinajstić information content (AvgIpc) is 2.73. The van der Waals surface area contributed by atoms with Crippen molar-refractivity contribution in [3.05, 3.63) is 29.6 Å². The molecular weight excluding hydrogens is 221 g/mol. The zero-order valence-corrected chi connectivity index (χ0v) is 9.99. The van der Waals surface area contributed by atoms with Crippen molar-refractivity contribution >= 4 is 0 Å². The van der Waals surface area contributed by atoms with Crippen LogP contribution in [0.3, 0.4) is 0 Å². The largest absolute Gasteiger partial charge is 0.497 e. The second kappa shape index (κ2) is 5.47. The summed E-state index contributed by atoms with van der Waals surface area (Å²) >= 11 is 0. The number of benzene rings is 1. The van der Waals surface area contributed by atoms with Crippen LogP contribution in [-0.4, -0.2) is 19.3 Å². The summed E-state index contributed by atoms with van der Waals surface area (Å²) in [7, 11) is 1.52. The molecule has 94 valence electrons. The summed E-state index contributed by atoms with van der Waals surface area (Å²) in [5, 5.41) is 0. The third kappa shape index (κ3) is 2.96. The summed E-state index contributed by atoms with van der Waals surface area (Å²) < 4.78 is 24.2. The molecule has 1 fully saturated rings. The molecule has 3 nitrogen and oxygen atoms in total. The van der Waals surface area contributed by atoms with Crippen molar-refractivity contribution in [1.82, 2.24) is 0 Å². The molecule has 17 heavy (non-hydrogen) atoms. The zero-order valence-electron chi connectivity index (χ0n) is 9.99. The van der Waals surface area contributed by atoms with Crippen LogP contribution in [0, 0.1) is 5.82 Å². The average molecular weight is 239 g/mol. The number of hydrogen-bond acceptors (Lipinski definition) is 3. The van der Waals surface area contributed by atoms with Gasteiger partial charge in [-0.05, 0) is 25.3 Å². The van der Waals surface area contributed by atoms with E-state index in [0.717, 1.165) is 19.3 Å². The highest BCUT2D eigenvalue weighted by atomic mass is 19.1. The number of rotatable bonds is 4. The molecule has 0 heterocycles. The van der Waals surface area contributed by atoms with Crippen molar-refractivity contribution in [2.75, 3.05) is 7.11 Å². The summed E-state index contributed by atoms with van der Waals surface area (Å²) in [6.07, 6.45) is 3.13. The molecule has 2 unspecified atom stereocenters. The van der Waals surface area contributed by atoms with Crippen molar-refractivity contribution in [3.63, 3.8) is 0 Å². The first-order chi connectivity index (χ1) is 8.20. The number of methoxy groups -OCH3 is 1. The summed E-state index contributed by atoms with van der Waals surface area (Å²) in [6.45, 7) is 0.272. The van der Waals surface area contributed by atoms with Gasteiger partial charge >= 0.3 is 0 Å². The minimum absolute atomic E-state index is 0.0662. The Kier molecular flexibility index (Phi) is 3.97. The van der Waals surface area contributed by atoms with E-state index in [0.29, 0.717) is 11.3 Å². The number of halogens is 1. The lowest BCUT2D eigenvalue weighted by molar-refractivity contribution is 0.0342. The van der Waals surface area contributed by atoms with E-state index >= 15 is 0 Å². The Morgan fingerprint density at radius 1 is 1.41 bits per heavy atom. The second-order valence-electron chi connectivity index (χ2n) is 4.40. The van der Waals surface area contributed by atoms with E-state index in [1.165, 1.54) is 13.2 Å². The van der Waals surface area contributed by atoms with Crippen LogP contribution in [0.5, 0.6) is 5.75 Å². The minimum atomic E-state index is -0.295. The smallest absolute Gasteiger partial charge is 0.132 e. The van der Waals surface area contributed by atoms with Gasteiger partial charge in [0.1, 0.15) is 11.6 Å². The first kappa shape index (κ1) is 12.3. The van der Waals surface area contributed by atoms with Crippen molar-refractivity contribution < 1.29 is 13.9 Å². The van der Waals surface area contributed by atoms with E-state index in [1.807, 2.05) is 0 Å². The Balaban J connectivity index is 1.94. The lowest BCUT2D eigenvalue weighted by atomic mass is 10.2. The van der Waals surface area contributed by atoms with Crippen molar-refractivity contribution in [2.24, 2.45) is 5.73 Å². The maximum absolute atomic E-state index is 13.6. The van der Waals surface area contributed by atoms with Gasteiger partial charge in [0.25, 0.3) is 0 Å². The molecule has 0 radical (unpaired) electrons. The van der Waals surface area contributed by atoms with Crippen LogP contribution >= 0.6 is 0 Å². The fraction of sp³-hybridized carbons (Fsp3) is 0.538. The number of ether oxygens (including phenoxy) is 2. The molecule has 2 N–H and O–H groups in total. The SMILES string of the molecule is COc1ccc(COC2CCCC2N)c(F)c1. The van der Waals surface area contributed by atoms with E-state index in [2.05, 4.69) is 0 Å². The third-order valence-corrected chi connectivity index (χ3v) is 3.22. The van der Waals surface area contributed by atoms with Crippen LogP contribution in [0.2, 0.25) is 0 Å². The molecule has 1 aromatic carbocycles. The molecule has 0 spiro atoms. The monoisotopic (exact) mass is 239 g/mol. The van der Waals surface area contributed by atoms with Crippen LogP contribution in [0.4, 0.5) is 4.39 Å². The van der Waals surface area contributed by atoms with Crippen molar-refractivity contribution in [1.29, 1.82) is 0 Å². The molecule has 1 saturated carbocycles. The highest BCUT2D eigenvalue weighted by Crippen LogP contribution is 2.23. The summed E-state index contributed by atoms with van der Waals surface area (Å²) in [6, 6.07) is 4.88. The van der Waals surface area contributed by atoms with Gasteiger partial charge in [-0.1, -0.05) is 6.07 Å². The highest BCUT2D eigenvalue weighted by Gasteiger charge is 2.24. The standard InChI is InChI=1S/C13H18FNO2/c1-16-10-6-5-9(11(14)7-10)8-17-13-4-2-3-12(13)15/h5-7,12-13H,2-4,8,15H2,1H3. The first-order valence-corrected chi connectivity index (χ1v) is 5.90. The van der Waals surface area contributed by atoms with Gasteiger partial charge < -0.3 is 15.2 Å². The van der Waals surface area contributed by atoms with Crippen LogP contribution in [0.25, 0.3) is 0 Å². The molecule has 1 aromatic rings. The van der Waals surface area contributed by atoms with Gasteiger partial charge in [-0.25, -0.2) is 4.39 Å². The van der Waals surface area contributed by atoms with Gasteiger partial charge in [0, 0.05) is 17.7 Å². The maximum atomic E-state index is 13.6. The van der Waals surface area contributed by atoms with E-state index in [4.69, 9.17) is 15.2 Å². The van der Waals surface area contributed by atoms with Gasteiger partial charge in [-0.3, -0.25) is 0 Å². The molecular formula is C13H18FNO2. The van der Waals surface area contributed by atoms with Gasteiger partial charge in [-0.2, -0.15) is 0 Å². The Morgan fingerprint density at radius 3 is 2.82 bits per heavy atom. The quantitative estimate of drug-likeness (QED) is 0.876. The van der Waals surface area contributed by atoms with Crippen LogP contribution < -0.4 is 10.5 Å². The van der Waals surface area contributed by atoms with E-state index < -0.39 is 0 Å². The molecule has 0 aromatic heterocycles. The van der Waals surface area contributed by atoms with E-state index in [9.17, 15) is 4.39 Å². The lowest BCUT2D eigenvalue weighted by Crippen LogP contribution is -2.31. The zero-order chi connectivity index (χ0) is 12.3. The van der Waals surface area contributed by atoms with Gasteiger partial charge in [0.05, 0.1) is 19.8 Å². The van der Waals surface area contributed by atoms with Crippen LogP contribution in [0.1, 0.15) is 24.8 Å². The van der Waals surface area contributed by atoms with Crippen molar-refractivity contribution in [2.45, 2.75) is 38.0 Å². The Labute approximate surface area is 101 Å². The molecule has 1 aliphatic carbocycles. The first-order valence-electron chi connectivity index (χ1n) is 5.90. The number of nitrogens with two attached hydrogens (primary N) is 1. The number of hydrogen-bond donors (Lipinski definition) is 1. The predicted molar refractivity (Wildman–Crippen MR) is 63.4 cm³/mol. The third-order valence-electron chi connectivity index (χ3n) is 3.22. The normalized spacial score (nSPS) is 23.9. The summed E-state index contributed by atoms with van der Waals surface area (Å²) in [4.78, 5) is 0. The Hall–Kier alpha value is -1.13. The molecule has 1 aliphatic rings. The van der Waals surface area contributed by atoms with Gasteiger partial charge in [0.15, 0.2) is 0 Å². The van der Waals surface area contributed by atoms with E-state index in [-0.39, 0.29) is 24.6 Å². The predicted octanol–water partition coefficient (Wildman–Crippen LogP) is 2.23. The maximum Gasteiger partial charge on any atom is 0.132 e. The Bertz CT molecular complexity index is 384. The second-order valence-corrected chi connectivity index (χ2v) is 4.40. The van der Waals surface area contributed by atoms with Crippen LogP contribution in [0.15, 0.2) is 18.2 Å². The molecule has 0 saturated heterocycles. The molecule has 0 aliphatic heterocycles. The molecule has 4 heteroatoms. The van der Waals surface area contributed by atoms with E-state index in [1.54, 1.807) is 12.1 Å². The summed E-state index contributed by atoms with van der Waals surface area (Å²) in [5.74, 6) is 0.222. The molecule has 2 rings (SSSR count). The van der Waals surface area contributed by atoms with Crippen molar-refractivity contribution in [3.8, 4) is 5.75 Å². The minimum Gasteiger partial charge on any atom is -0.497 e. The fourth-order valence-electron chi connectivity index (χ4n) is 2.13. The molecule has 2 atom stereocenters. The topological polar surface area (TPSA) is 44.5 Å².